The van der Waals surface area contributed by atoms with E-state index in [-0.39, 0.29) is 29.0 Å². The average molecular weight is 643 g/mol. The van der Waals surface area contributed by atoms with E-state index < -0.39 is 23.6 Å². The highest BCUT2D eigenvalue weighted by atomic mass is 19.4. The second-order valence-electron chi connectivity index (χ2n) is 12.1. The number of likely N-dealkylation sites (tertiary alicyclic amines) is 1. The molecule has 1 saturated heterocycles. The molecule has 3 aromatic carbocycles. The van der Waals surface area contributed by atoms with Gasteiger partial charge < -0.3 is 19.4 Å². The van der Waals surface area contributed by atoms with Gasteiger partial charge in [0.05, 0.1) is 23.7 Å². The minimum atomic E-state index is -4.65. The third kappa shape index (κ3) is 6.60. The summed E-state index contributed by atoms with van der Waals surface area (Å²) < 4.78 is 53.9. The first-order chi connectivity index (χ1) is 22.7. The van der Waals surface area contributed by atoms with Crippen LogP contribution in [0.4, 0.5) is 13.2 Å². The van der Waals surface area contributed by atoms with E-state index in [0.717, 1.165) is 44.9 Å². The molecule has 3 heterocycles. The van der Waals surface area contributed by atoms with Gasteiger partial charge in [-0.1, -0.05) is 78.9 Å². The van der Waals surface area contributed by atoms with Gasteiger partial charge in [-0.15, -0.1) is 10.2 Å². The molecule has 7 nitrogen and oxygen atoms in total. The molecule has 1 atom stereocenters. The maximum Gasteiger partial charge on any atom is 0.416 e. The van der Waals surface area contributed by atoms with Gasteiger partial charge in [0, 0.05) is 28.9 Å². The van der Waals surface area contributed by atoms with Crippen molar-refractivity contribution in [3.8, 4) is 0 Å². The van der Waals surface area contributed by atoms with Gasteiger partial charge >= 0.3 is 12.1 Å². The Kier molecular flexibility index (Phi) is 9.31. The summed E-state index contributed by atoms with van der Waals surface area (Å²) in [6.45, 7) is 6.00. The summed E-state index contributed by atoms with van der Waals surface area (Å²) in [4.78, 5) is 16.1. The van der Waals surface area contributed by atoms with Gasteiger partial charge in [-0.2, -0.15) is 13.2 Å². The molecule has 0 amide bonds. The van der Waals surface area contributed by atoms with Crippen LogP contribution in [0.25, 0.3) is 5.57 Å². The van der Waals surface area contributed by atoms with Crippen LogP contribution in [0.15, 0.2) is 113 Å². The fourth-order valence-electron chi connectivity index (χ4n) is 7.10. The molecule has 1 fully saturated rings. The standard InChI is InChI=1S/C37H37F3N4O3/c1-25-31(34-43-41-24-47-34)33(29-16-9-10-17-30(29)37(38,39)40)32(26(2)42-25)35(45)46-23-11-20-44-21-18-36(19-22-44,27-12-5-3-6-13-27)28-14-7-4-8-15-28/h3-10,12-17,24,33,42H,11,18-23H2,1-2H3. The van der Waals surface area contributed by atoms with E-state index in [0.29, 0.717) is 23.4 Å². The van der Waals surface area contributed by atoms with E-state index in [9.17, 15) is 18.0 Å². The summed E-state index contributed by atoms with van der Waals surface area (Å²) >= 11 is 0. The van der Waals surface area contributed by atoms with Crippen molar-refractivity contribution in [1.29, 1.82) is 0 Å². The maximum absolute atomic E-state index is 14.2. The predicted molar refractivity (Wildman–Crippen MR) is 172 cm³/mol. The number of aromatic nitrogens is 2. The number of hydrogen-bond donors (Lipinski definition) is 1. The highest BCUT2D eigenvalue weighted by Gasteiger charge is 2.43. The summed E-state index contributed by atoms with van der Waals surface area (Å²) in [6, 6.07) is 26.5. The Balaban J connectivity index is 1.15. The molecule has 2 aliphatic heterocycles. The highest BCUT2D eigenvalue weighted by molar-refractivity contribution is 5.97. The first-order valence-corrected chi connectivity index (χ1v) is 15.8. The molecule has 2 aliphatic rings. The first kappa shape index (κ1) is 32.2. The number of dihydropyridines is 1. The topological polar surface area (TPSA) is 80.5 Å². The van der Waals surface area contributed by atoms with Crippen LogP contribution in [0.2, 0.25) is 0 Å². The van der Waals surface area contributed by atoms with Gasteiger partial charge in [-0.05, 0) is 69.0 Å². The first-order valence-electron chi connectivity index (χ1n) is 15.8. The third-order valence-corrected chi connectivity index (χ3v) is 9.36. The fraction of sp³-hybridized carbons (Fsp3) is 0.324. The summed E-state index contributed by atoms with van der Waals surface area (Å²) in [5.74, 6) is -1.79. The Hall–Kier alpha value is -4.70. The molecular formula is C37H37F3N4O3. The van der Waals surface area contributed by atoms with Gasteiger partial charge in [0.2, 0.25) is 12.3 Å². The summed E-state index contributed by atoms with van der Waals surface area (Å²) in [6.07, 6.45) is -1.03. The maximum atomic E-state index is 14.2. The normalized spacial score (nSPS) is 18.6. The van der Waals surface area contributed by atoms with Crippen LogP contribution in [0.5, 0.6) is 0 Å². The van der Waals surface area contributed by atoms with Crippen molar-refractivity contribution in [3.63, 3.8) is 0 Å². The van der Waals surface area contributed by atoms with Crippen molar-refractivity contribution in [2.24, 2.45) is 0 Å². The molecule has 6 rings (SSSR count). The number of esters is 1. The van der Waals surface area contributed by atoms with Gasteiger partial charge in [0.15, 0.2) is 0 Å². The van der Waals surface area contributed by atoms with Crippen LogP contribution in [0, 0.1) is 0 Å². The predicted octanol–water partition coefficient (Wildman–Crippen LogP) is 7.50. The molecule has 0 saturated carbocycles. The van der Waals surface area contributed by atoms with Crippen LogP contribution in [-0.4, -0.2) is 47.3 Å². The minimum absolute atomic E-state index is 0.0296. The Morgan fingerprint density at radius 2 is 1.55 bits per heavy atom. The van der Waals surface area contributed by atoms with E-state index in [1.165, 1.54) is 29.3 Å². The third-order valence-electron chi connectivity index (χ3n) is 9.36. The van der Waals surface area contributed by atoms with E-state index in [1.54, 1.807) is 13.8 Å². The van der Waals surface area contributed by atoms with Crippen LogP contribution < -0.4 is 5.32 Å². The molecule has 0 radical (unpaired) electrons. The van der Waals surface area contributed by atoms with Gasteiger partial charge in [-0.3, -0.25) is 0 Å². The molecule has 1 N–H and O–H groups in total. The van der Waals surface area contributed by atoms with E-state index >= 15 is 0 Å². The molecule has 47 heavy (non-hydrogen) atoms. The average Bonchev–Trinajstić information content (AvgIpc) is 3.62. The second kappa shape index (κ2) is 13.6. The zero-order valence-electron chi connectivity index (χ0n) is 26.4. The van der Waals surface area contributed by atoms with E-state index in [1.807, 2.05) is 12.1 Å². The molecule has 0 aliphatic carbocycles. The number of allylic oxidation sites excluding steroid dienone is 3. The van der Waals surface area contributed by atoms with E-state index in [4.69, 9.17) is 9.15 Å². The lowest BCUT2D eigenvalue weighted by Crippen LogP contribution is -2.43. The molecular weight excluding hydrogens is 605 g/mol. The lowest BCUT2D eigenvalue weighted by molar-refractivity contribution is -0.141. The number of hydrogen-bond acceptors (Lipinski definition) is 7. The summed E-state index contributed by atoms with van der Waals surface area (Å²) in [5, 5.41) is 10.8. The number of rotatable bonds is 9. The smallest absolute Gasteiger partial charge is 0.416 e. The molecule has 0 bridgehead atoms. The largest absolute Gasteiger partial charge is 0.462 e. The quantitative estimate of drug-likeness (QED) is 0.150. The second-order valence-corrected chi connectivity index (χ2v) is 12.1. The lowest BCUT2D eigenvalue weighted by atomic mass is 9.68. The number of nitrogens with zero attached hydrogens (tertiary/aromatic N) is 3. The number of halogens is 3. The van der Waals surface area contributed by atoms with Gasteiger partial charge in [-0.25, -0.2) is 4.79 Å². The number of carbonyl (C=O) groups is 1. The molecule has 4 aromatic rings. The number of piperidine rings is 1. The SMILES string of the molecule is CC1=C(C(=O)OCCCN2CCC(c3ccccc3)(c3ccccc3)CC2)C(c2ccccc2C(F)(F)F)C(c2nnco2)=C(C)N1. The Morgan fingerprint density at radius 1 is 0.936 bits per heavy atom. The number of nitrogens with one attached hydrogen (secondary N) is 1. The van der Waals surface area contributed by atoms with Crippen molar-refractivity contribution in [2.75, 3.05) is 26.2 Å². The Labute approximate surface area is 272 Å². The molecule has 0 spiro atoms. The van der Waals surface area contributed by atoms with Crippen molar-refractivity contribution in [1.82, 2.24) is 20.4 Å². The van der Waals surface area contributed by atoms with Crippen molar-refractivity contribution in [3.05, 3.63) is 136 Å². The molecule has 1 aromatic heterocycles. The molecule has 10 heteroatoms. The Morgan fingerprint density at radius 3 is 2.15 bits per heavy atom. The van der Waals surface area contributed by atoms with Crippen LogP contribution in [0.3, 0.4) is 0 Å². The van der Waals surface area contributed by atoms with Crippen LogP contribution >= 0.6 is 0 Å². The van der Waals surface area contributed by atoms with Crippen molar-refractivity contribution >= 4 is 11.5 Å². The number of carbonyl (C=O) groups excluding carboxylic acids is 1. The van der Waals surface area contributed by atoms with Crippen LogP contribution in [-0.2, 0) is 21.1 Å². The summed E-state index contributed by atoms with van der Waals surface area (Å²) in [7, 11) is 0. The van der Waals surface area contributed by atoms with Crippen molar-refractivity contribution < 1.29 is 27.1 Å². The number of ether oxygens (including phenoxy) is 1. The zero-order valence-corrected chi connectivity index (χ0v) is 26.4. The monoisotopic (exact) mass is 642 g/mol. The molecule has 244 valence electrons. The molecule has 1 unspecified atom stereocenters. The fourth-order valence-corrected chi connectivity index (χ4v) is 7.10. The number of benzene rings is 3. The Bertz CT molecular complexity index is 1700. The van der Waals surface area contributed by atoms with Crippen molar-refractivity contribution in [2.45, 2.75) is 50.6 Å². The minimum Gasteiger partial charge on any atom is -0.462 e. The van der Waals surface area contributed by atoms with Gasteiger partial charge in [0.25, 0.3) is 0 Å². The van der Waals surface area contributed by atoms with Crippen LogP contribution in [0.1, 0.15) is 67.2 Å². The lowest BCUT2D eigenvalue weighted by Gasteiger charge is -2.43. The summed E-state index contributed by atoms with van der Waals surface area (Å²) in [5.41, 5.74) is 2.93. The highest BCUT2D eigenvalue weighted by Crippen LogP contribution is 2.47. The van der Waals surface area contributed by atoms with E-state index in [2.05, 4.69) is 68.9 Å². The number of alkyl halides is 3. The zero-order chi connectivity index (χ0) is 33.0. The van der Waals surface area contributed by atoms with Gasteiger partial charge in [0.1, 0.15) is 0 Å².